The van der Waals surface area contributed by atoms with Gasteiger partial charge in [-0.05, 0) is 63.3 Å². The molecule has 0 aromatic heterocycles. The van der Waals surface area contributed by atoms with Gasteiger partial charge in [0.15, 0.2) is 0 Å². The summed E-state index contributed by atoms with van der Waals surface area (Å²) in [7, 11) is 0. The second-order valence-electron chi connectivity index (χ2n) is 6.04. The zero-order valence-corrected chi connectivity index (χ0v) is 11.8. The van der Waals surface area contributed by atoms with Gasteiger partial charge in [0.25, 0.3) is 0 Å². The summed E-state index contributed by atoms with van der Waals surface area (Å²) in [5.74, 6) is 0. The minimum Gasteiger partial charge on any atom is -0.444 e. The molecule has 19 heavy (non-hydrogen) atoms. The fourth-order valence-corrected chi connectivity index (χ4v) is 2.35. The predicted molar refractivity (Wildman–Crippen MR) is 76.2 cm³/mol. The molecule has 1 aromatic rings. The summed E-state index contributed by atoms with van der Waals surface area (Å²) in [6, 6.07) is 6.01. The molecule has 1 aromatic carbocycles. The number of aryl methyl sites for hydroxylation is 1. The van der Waals surface area contributed by atoms with E-state index in [-0.39, 0.29) is 6.04 Å². The fourth-order valence-electron chi connectivity index (χ4n) is 2.35. The summed E-state index contributed by atoms with van der Waals surface area (Å²) in [6.45, 7) is 5.54. The zero-order valence-electron chi connectivity index (χ0n) is 11.8. The number of carbonyl (C=O) groups excluding carboxylic acids is 1. The number of benzene rings is 1. The van der Waals surface area contributed by atoms with Gasteiger partial charge in [-0.2, -0.15) is 0 Å². The van der Waals surface area contributed by atoms with E-state index in [1.807, 2.05) is 39.0 Å². The highest BCUT2D eigenvalue weighted by atomic mass is 16.6. The number of hydrogen-bond acceptors (Lipinski definition) is 3. The van der Waals surface area contributed by atoms with Crippen LogP contribution in [0, 0.1) is 0 Å². The van der Waals surface area contributed by atoms with E-state index in [1.54, 1.807) is 0 Å². The van der Waals surface area contributed by atoms with Crippen molar-refractivity contribution in [2.24, 2.45) is 5.73 Å². The highest BCUT2D eigenvalue weighted by Crippen LogP contribution is 2.29. The van der Waals surface area contributed by atoms with Gasteiger partial charge in [0.05, 0.1) is 0 Å². The molecule has 0 fully saturated rings. The van der Waals surface area contributed by atoms with Crippen LogP contribution in [0.5, 0.6) is 0 Å². The lowest BCUT2D eigenvalue weighted by Gasteiger charge is -2.23. The van der Waals surface area contributed by atoms with Crippen LogP contribution in [0.4, 0.5) is 10.5 Å². The van der Waals surface area contributed by atoms with Crippen molar-refractivity contribution < 1.29 is 9.53 Å². The maximum atomic E-state index is 11.7. The minimum atomic E-state index is -0.485. The van der Waals surface area contributed by atoms with Crippen LogP contribution in [0.25, 0.3) is 0 Å². The highest BCUT2D eigenvalue weighted by Gasteiger charge is 2.19. The standard InChI is InChI=1S/C15H22N2O2/c1-15(2,3)19-14(18)17-11-7-8-12-10(9-11)5-4-6-13(12)16/h7-9,13H,4-6,16H2,1-3H3,(H,17,18)/t13-/m1/s1. The number of nitrogens with two attached hydrogens (primary N) is 1. The van der Waals surface area contributed by atoms with Crippen LogP contribution in [0.15, 0.2) is 18.2 Å². The number of nitrogens with one attached hydrogen (secondary N) is 1. The minimum absolute atomic E-state index is 0.124. The van der Waals surface area contributed by atoms with Gasteiger partial charge < -0.3 is 10.5 Å². The molecule has 1 aliphatic rings. The SMILES string of the molecule is CC(C)(C)OC(=O)Nc1ccc2c(c1)CCC[C@H]2N. The van der Waals surface area contributed by atoms with Crippen LogP contribution in [0.1, 0.15) is 50.8 Å². The fraction of sp³-hybridized carbons (Fsp3) is 0.533. The Hall–Kier alpha value is -1.55. The molecule has 3 N–H and O–H groups in total. The summed E-state index contributed by atoms with van der Waals surface area (Å²) < 4.78 is 5.23. The topological polar surface area (TPSA) is 64.3 Å². The third-order valence-corrected chi connectivity index (χ3v) is 3.15. The molecule has 4 nitrogen and oxygen atoms in total. The maximum Gasteiger partial charge on any atom is 0.412 e. The predicted octanol–water partition coefficient (Wildman–Crippen LogP) is 3.37. The summed E-state index contributed by atoms with van der Waals surface area (Å²) in [4.78, 5) is 11.7. The van der Waals surface area contributed by atoms with Crippen molar-refractivity contribution in [3.05, 3.63) is 29.3 Å². The Morgan fingerprint density at radius 2 is 2.16 bits per heavy atom. The first-order valence-corrected chi connectivity index (χ1v) is 6.73. The van der Waals surface area contributed by atoms with Crippen molar-refractivity contribution in [3.8, 4) is 0 Å². The molecule has 0 saturated heterocycles. The van der Waals surface area contributed by atoms with Gasteiger partial charge in [-0.25, -0.2) is 4.79 Å². The summed E-state index contributed by atoms with van der Waals surface area (Å²) in [6.07, 6.45) is 2.73. The molecule has 0 radical (unpaired) electrons. The number of amides is 1. The summed E-state index contributed by atoms with van der Waals surface area (Å²) in [5, 5.41) is 2.76. The number of carbonyl (C=O) groups is 1. The van der Waals surface area contributed by atoms with Crippen LogP contribution in [-0.2, 0) is 11.2 Å². The molecule has 0 aliphatic heterocycles. The van der Waals surface area contributed by atoms with E-state index in [4.69, 9.17) is 10.5 Å². The molecule has 104 valence electrons. The molecule has 1 amide bonds. The quantitative estimate of drug-likeness (QED) is 0.815. The molecule has 0 unspecified atom stereocenters. The van der Waals surface area contributed by atoms with Gasteiger partial charge in [-0.3, -0.25) is 5.32 Å². The van der Waals surface area contributed by atoms with Crippen molar-refractivity contribution in [2.45, 2.75) is 51.7 Å². The molecular weight excluding hydrogens is 240 g/mol. The molecule has 1 aliphatic carbocycles. The van der Waals surface area contributed by atoms with Gasteiger partial charge >= 0.3 is 6.09 Å². The van der Waals surface area contributed by atoms with E-state index < -0.39 is 11.7 Å². The molecule has 4 heteroatoms. The second kappa shape index (κ2) is 5.21. The Morgan fingerprint density at radius 3 is 2.84 bits per heavy atom. The first-order valence-electron chi connectivity index (χ1n) is 6.73. The molecule has 0 heterocycles. The van der Waals surface area contributed by atoms with Crippen molar-refractivity contribution in [3.63, 3.8) is 0 Å². The van der Waals surface area contributed by atoms with E-state index in [1.165, 1.54) is 11.1 Å². The van der Waals surface area contributed by atoms with E-state index >= 15 is 0 Å². The molecular formula is C15H22N2O2. The molecule has 0 saturated carbocycles. The van der Waals surface area contributed by atoms with E-state index in [9.17, 15) is 4.79 Å². The van der Waals surface area contributed by atoms with Crippen molar-refractivity contribution in [1.29, 1.82) is 0 Å². The zero-order chi connectivity index (χ0) is 14.0. The van der Waals surface area contributed by atoms with Crippen LogP contribution in [-0.4, -0.2) is 11.7 Å². The average Bonchev–Trinajstić information content (AvgIpc) is 2.26. The smallest absolute Gasteiger partial charge is 0.412 e. The van der Waals surface area contributed by atoms with Gasteiger partial charge in [-0.15, -0.1) is 0 Å². The third kappa shape index (κ3) is 3.70. The first kappa shape index (κ1) is 13.9. The Kier molecular flexibility index (Phi) is 3.80. The maximum absolute atomic E-state index is 11.7. The third-order valence-electron chi connectivity index (χ3n) is 3.15. The number of rotatable bonds is 1. The number of fused-ring (bicyclic) bond motifs is 1. The van der Waals surface area contributed by atoms with Crippen LogP contribution in [0.2, 0.25) is 0 Å². The first-order chi connectivity index (χ1) is 8.85. The summed E-state index contributed by atoms with van der Waals surface area (Å²) in [5.41, 5.74) is 8.77. The largest absolute Gasteiger partial charge is 0.444 e. The molecule has 0 bridgehead atoms. The monoisotopic (exact) mass is 262 g/mol. The highest BCUT2D eigenvalue weighted by molar-refractivity contribution is 5.85. The van der Waals surface area contributed by atoms with Gasteiger partial charge in [0.1, 0.15) is 5.60 Å². The number of ether oxygens (including phenoxy) is 1. The lowest BCUT2D eigenvalue weighted by Crippen LogP contribution is -2.27. The van der Waals surface area contributed by atoms with E-state index in [0.717, 1.165) is 24.9 Å². The van der Waals surface area contributed by atoms with Crippen LogP contribution in [0.3, 0.4) is 0 Å². The van der Waals surface area contributed by atoms with E-state index in [0.29, 0.717) is 0 Å². The molecule has 0 spiro atoms. The summed E-state index contributed by atoms with van der Waals surface area (Å²) >= 11 is 0. The van der Waals surface area contributed by atoms with Crippen LogP contribution >= 0.6 is 0 Å². The Morgan fingerprint density at radius 1 is 1.42 bits per heavy atom. The Bertz CT molecular complexity index is 478. The van der Waals surface area contributed by atoms with Gasteiger partial charge in [0.2, 0.25) is 0 Å². The molecule has 2 rings (SSSR count). The van der Waals surface area contributed by atoms with Crippen molar-refractivity contribution in [1.82, 2.24) is 0 Å². The van der Waals surface area contributed by atoms with Crippen molar-refractivity contribution >= 4 is 11.8 Å². The second-order valence-corrected chi connectivity index (χ2v) is 6.04. The number of hydrogen-bond donors (Lipinski definition) is 2. The molecule has 1 atom stereocenters. The Balaban J connectivity index is 2.08. The Labute approximate surface area is 114 Å². The van der Waals surface area contributed by atoms with Gasteiger partial charge in [-0.1, -0.05) is 6.07 Å². The van der Waals surface area contributed by atoms with Crippen LogP contribution < -0.4 is 11.1 Å². The van der Waals surface area contributed by atoms with Gasteiger partial charge in [0, 0.05) is 11.7 Å². The normalized spacial score (nSPS) is 18.6. The van der Waals surface area contributed by atoms with E-state index in [2.05, 4.69) is 5.32 Å². The lowest BCUT2D eigenvalue weighted by atomic mass is 9.88. The average molecular weight is 262 g/mol. The number of anilines is 1. The van der Waals surface area contributed by atoms with Crippen molar-refractivity contribution in [2.75, 3.05) is 5.32 Å². The lowest BCUT2D eigenvalue weighted by molar-refractivity contribution is 0.0636.